The van der Waals surface area contributed by atoms with Crippen molar-refractivity contribution in [2.45, 2.75) is 6.92 Å². The lowest BCUT2D eigenvalue weighted by molar-refractivity contribution is 0.0322. The van der Waals surface area contributed by atoms with Gasteiger partial charge in [0, 0.05) is 31.1 Å². The molecule has 0 unspecified atom stereocenters. The molecule has 4 rings (SSSR count). The Morgan fingerprint density at radius 2 is 2.03 bits per heavy atom. The summed E-state index contributed by atoms with van der Waals surface area (Å²) >= 11 is 6.60. The number of ether oxygens (including phenoxy) is 4. The van der Waals surface area contributed by atoms with E-state index >= 15 is 0 Å². The van der Waals surface area contributed by atoms with E-state index in [-0.39, 0.29) is 11.9 Å². The van der Waals surface area contributed by atoms with Gasteiger partial charge in [0.2, 0.25) is 5.88 Å². The average Bonchev–Trinajstić information content (AvgIpc) is 3.15. The van der Waals surface area contributed by atoms with Crippen LogP contribution in [0.1, 0.15) is 5.82 Å². The van der Waals surface area contributed by atoms with Crippen LogP contribution in [0.15, 0.2) is 18.2 Å². The van der Waals surface area contributed by atoms with Crippen molar-refractivity contribution in [3.63, 3.8) is 0 Å². The molecule has 1 aliphatic heterocycles. The molecular formula is C19H22ClN5O4. The van der Waals surface area contributed by atoms with Gasteiger partial charge in [-0.25, -0.2) is 4.98 Å². The number of hydrogen-bond acceptors (Lipinski definition) is 8. The van der Waals surface area contributed by atoms with E-state index in [1.165, 1.54) is 0 Å². The Hall–Kier alpha value is -2.62. The largest absolute Gasteiger partial charge is 0.496 e. The predicted octanol–water partition coefficient (Wildman–Crippen LogP) is 2.83. The summed E-state index contributed by atoms with van der Waals surface area (Å²) in [4.78, 5) is 9.71. The van der Waals surface area contributed by atoms with E-state index in [1.807, 2.05) is 12.1 Å². The highest BCUT2D eigenvalue weighted by molar-refractivity contribution is 6.36. The maximum atomic E-state index is 6.60. The third-order valence-corrected chi connectivity index (χ3v) is 4.96. The van der Waals surface area contributed by atoms with E-state index in [1.54, 1.807) is 20.1 Å². The Balaban J connectivity index is 1.55. The van der Waals surface area contributed by atoms with E-state index in [0.717, 1.165) is 38.2 Å². The van der Waals surface area contributed by atoms with Gasteiger partial charge in [0.1, 0.15) is 34.5 Å². The minimum atomic E-state index is 0.241. The number of morpholine rings is 1. The van der Waals surface area contributed by atoms with Crippen LogP contribution in [0.5, 0.6) is 23.4 Å². The molecule has 1 saturated heterocycles. The maximum absolute atomic E-state index is 6.60. The fourth-order valence-corrected chi connectivity index (χ4v) is 3.36. The maximum Gasteiger partial charge on any atom is 0.321 e. The predicted molar refractivity (Wildman–Crippen MR) is 107 cm³/mol. The van der Waals surface area contributed by atoms with Gasteiger partial charge < -0.3 is 18.9 Å². The molecule has 29 heavy (non-hydrogen) atoms. The van der Waals surface area contributed by atoms with Crippen molar-refractivity contribution < 1.29 is 18.9 Å². The molecule has 3 heterocycles. The van der Waals surface area contributed by atoms with Crippen LogP contribution >= 0.6 is 11.6 Å². The molecule has 9 nitrogen and oxygen atoms in total. The van der Waals surface area contributed by atoms with Crippen LogP contribution in [0.3, 0.4) is 0 Å². The topological polar surface area (TPSA) is 94.6 Å². The van der Waals surface area contributed by atoms with Crippen LogP contribution in [0, 0.1) is 6.92 Å². The molecule has 0 bridgehead atoms. The second kappa shape index (κ2) is 8.81. The van der Waals surface area contributed by atoms with Gasteiger partial charge in [-0.05, 0) is 19.1 Å². The van der Waals surface area contributed by atoms with Crippen LogP contribution in [0.4, 0.5) is 0 Å². The second-order valence-electron chi connectivity index (χ2n) is 6.56. The highest BCUT2D eigenvalue weighted by Crippen LogP contribution is 2.38. The van der Waals surface area contributed by atoms with Crippen LogP contribution in [0.25, 0.3) is 10.9 Å². The second-order valence-corrected chi connectivity index (χ2v) is 6.93. The fourth-order valence-electron chi connectivity index (χ4n) is 3.10. The van der Waals surface area contributed by atoms with Crippen molar-refractivity contribution in [2.24, 2.45) is 0 Å². The molecule has 0 amide bonds. The molecule has 1 aliphatic rings. The summed E-state index contributed by atoms with van der Waals surface area (Å²) in [5, 5.41) is 8.93. The molecule has 154 valence electrons. The molecule has 1 aromatic carbocycles. The number of benzene rings is 1. The minimum absolute atomic E-state index is 0.241. The number of rotatable bonds is 7. The molecule has 0 saturated carbocycles. The lowest BCUT2D eigenvalue weighted by Gasteiger charge is -2.26. The number of hydrogen-bond donors (Lipinski definition) is 1. The molecule has 10 heteroatoms. The zero-order chi connectivity index (χ0) is 20.2. The summed E-state index contributed by atoms with van der Waals surface area (Å²) in [6.07, 6.45) is 0. The molecule has 0 aliphatic carbocycles. The molecule has 1 fully saturated rings. The molecule has 3 aromatic rings. The monoisotopic (exact) mass is 419 g/mol. The van der Waals surface area contributed by atoms with Gasteiger partial charge in [-0.15, -0.1) is 5.10 Å². The number of aromatic nitrogens is 4. The van der Waals surface area contributed by atoms with E-state index in [4.69, 9.17) is 30.5 Å². The smallest absolute Gasteiger partial charge is 0.321 e. The Morgan fingerprint density at radius 1 is 1.21 bits per heavy atom. The number of H-pyrrole nitrogens is 1. The average molecular weight is 420 g/mol. The first-order chi connectivity index (χ1) is 14.1. The Bertz CT molecular complexity index is 990. The normalized spacial score (nSPS) is 14.9. The SMILES string of the molecule is COc1cc(Oc2nnc(C)[nH]2)nc2c(Cl)c(OCCN3CCOCC3)ccc12. The number of halogens is 1. The number of fused-ring (bicyclic) bond motifs is 1. The molecule has 0 radical (unpaired) electrons. The first-order valence-electron chi connectivity index (χ1n) is 9.31. The van der Waals surface area contributed by atoms with Crippen molar-refractivity contribution in [1.82, 2.24) is 25.1 Å². The molecule has 0 atom stereocenters. The first-order valence-corrected chi connectivity index (χ1v) is 9.69. The third-order valence-electron chi connectivity index (χ3n) is 4.59. The number of methoxy groups -OCH3 is 1. The van der Waals surface area contributed by atoms with Crippen molar-refractivity contribution in [3.8, 4) is 23.4 Å². The molecule has 1 N–H and O–H groups in total. The number of aromatic amines is 1. The quantitative estimate of drug-likeness (QED) is 0.624. The Kier molecular flexibility index (Phi) is 5.98. The summed E-state index contributed by atoms with van der Waals surface area (Å²) in [7, 11) is 1.58. The van der Waals surface area contributed by atoms with Crippen molar-refractivity contribution in [3.05, 3.63) is 29.0 Å². The standard InChI is InChI=1S/C19H22ClN5O4/c1-12-21-19(24-23-12)29-16-11-15(26-2)13-3-4-14(17(20)18(13)22-16)28-10-7-25-5-8-27-9-6-25/h3-4,11H,5-10H2,1-2H3,(H,21,23,24). The van der Waals surface area contributed by atoms with Crippen LogP contribution in [0.2, 0.25) is 5.02 Å². The van der Waals surface area contributed by atoms with Gasteiger partial charge in [0.05, 0.1) is 20.3 Å². The highest BCUT2D eigenvalue weighted by Gasteiger charge is 2.16. The summed E-state index contributed by atoms with van der Waals surface area (Å²) in [6, 6.07) is 5.62. The number of pyridine rings is 1. The van der Waals surface area contributed by atoms with Crippen LogP contribution in [-0.4, -0.2) is 71.6 Å². The van der Waals surface area contributed by atoms with E-state index in [9.17, 15) is 0 Å². The van der Waals surface area contributed by atoms with Gasteiger partial charge >= 0.3 is 6.01 Å². The Labute approximate surface area is 172 Å². The third kappa shape index (κ3) is 4.52. The summed E-state index contributed by atoms with van der Waals surface area (Å²) in [5.74, 6) is 2.08. The summed E-state index contributed by atoms with van der Waals surface area (Å²) in [6.45, 7) is 6.46. The Morgan fingerprint density at radius 3 is 2.76 bits per heavy atom. The number of aryl methyl sites for hydroxylation is 1. The number of nitrogens with one attached hydrogen (secondary N) is 1. The van der Waals surface area contributed by atoms with Crippen molar-refractivity contribution in [2.75, 3.05) is 46.6 Å². The van der Waals surface area contributed by atoms with Crippen molar-refractivity contribution in [1.29, 1.82) is 0 Å². The summed E-state index contributed by atoms with van der Waals surface area (Å²) < 4.78 is 22.4. The lowest BCUT2D eigenvalue weighted by atomic mass is 10.2. The minimum Gasteiger partial charge on any atom is -0.496 e. The molecule has 2 aromatic heterocycles. The highest BCUT2D eigenvalue weighted by atomic mass is 35.5. The van der Waals surface area contributed by atoms with E-state index < -0.39 is 0 Å². The summed E-state index contributed by atoms with van der Waals surface area (Å²) in [5.41, 5.74) is 0.529. The van der Waals surface area contributed by atoms with Crippen LogP contribution < -0.4 is 14.2 Å². The van der Waals surface area contributed by atoms with Crippen molar-refractivity contribution >= 4 is 22.5 Å². The van der Waals surface area contributed by atoms with Gasteiger partial charge in [0.15, 0.2) is 0 Å². The van der Waals surface area contributed by atoms with E-state index in [2.05, 4.69) is 25.1 Å². The molecule has 0 spiro atoms. The number of nitrogens with zero attached hydrogens (tertiary/aromatic N) is 4. The van der Waals surface area contributed by atoms with Gasteiger partial charge in [-0.3, -0.25) is 9.88 Å². The zero-order valence-corrected chi connectivity index (χ0v) is 17.0. The molecular weight excluding hydrogens is 398 g/mol. The fraction of sp³-hybridized carbons (Fsp3) is 0.421. The van der Waals surface area contributed by atoms with E-state index in [0.29, 0.717) is 34.5 Å². The van der Waals surface area contributed by atoms with Gasteiger partial charge in [-0.1, -0.05) is 16.7 Å². The zero-order valence-electron chi connectivity index (χ0n) is 16.3. The van der Waals surface area contributed by atoms with Gasteiger partial charge in [-0.2, -0.15) is 0 Å². The van der Waals surface area contributed by atoms with Crippen LogP contribution in [-0.2, 0) is 4.74 Å². The lowest BCUT2D eigenvalue weighted by Crippen LogP contribution is -2.38. The first kappa shape index (κ1) is 19.7. The van der Waals surface area contributed by atoms with Gasteiger partial charge in [0.25, 0.3) is 0 Å².